The largest absolute Gasteiger partial charge is 0.496 e. The van der Waals surface area contributed by atoms with Crippen molar-refractivity contribution in [3.63, 3.8) is 0 Å². The summed E-state index contributed by atoms with van der Waals surface area (Å²) in [5.41, 5.74) is 2.73. The monoisotopic (exact) mass is 475 g/mol. The third-order valence-electron chi connectivity index (χ3n) is 7.36. The van der Waals surface area contributed by atoms with Gasteiger partial charge in [0.15, 0.2) is 5.54 Å². The molecule has 2 aliphatic heterocycles. The maximum atomic E-state index is 14.0. The van der Waals surface area contributed by atoms with E-state index in [-0.39, 0.29) is 30.4 Å². The van der Waals surface area contributed by atoms with E-state index < -0.39 is 5.54 Å². The van der Waals surface area contributed by atoms with Gasteiger partial charge < -0.3 is 24.3 Å². The van der Waals surface area contributed by atoms with Crippen molar-refractivity contribution in [1.29, 1.82) is 0 Å². The maximum absolute atomic E-state index is 14.0. The van der Waals surface area contributed by atoms with Crippen molar-refractivity contribution in [2.24, 2.45) is 0 Å². The van der Waals surface area contributed by atoms with Gasteiger partial charge in [-0.15, -0.1) is 0 Å². The molecule has 1 fully saturated rings. The molecule has 7 nitrogen and oxygen atoms in total. The highest BCUT2D eigenvalue weighted by atomic mass is 16.5. The number of para-hydroxylation sites is 2. The minimum atomic E-state index is -1.10. The van der Waals surface area contributed by atoms with E-state index in [0.29, 0.717) is 26.1 Å². The Kier molecular flexibility index (Phi) is 6.05. The van der Waals surface area contributed by atoms with Crippen LogP contribution in [0.2, 0.25) is 0 Å². The van der Waals surface area contributed by atoms with Gasteiger partial charge in [-0.25, -0.2) is 0 Å². The lowest BCUT2D eigenvalue weighted by molar-refractivity contribution is -0.166. The molecule has 2 amide bonds. The fraction of sp³-hybridized carbons (Fsp3) is 0.429. The Morgan fingerprint density at radius 1 is 1.11 bits per heavy atom. The number of hydrogen-bond acceptors (Lipinski definition) is 4. The number of carbonyl (C=O) groups excluding carboxylic acids is 2. The zero-order valence-electron chi connectivity index (χ0n) is 20.8. The van der Waals surface area contributed by atoms with Crippen molar-refractivity contribution < 1.29 is 19.1 Å². The number of fused-ring (bicyclic) bond motifs is 5. The molecule has 0 bridgehead atoms. The quantitative estimate of drug-likeness (QED) is 0.524. The predicted molar refractivity (Wildman–Crippen MR) is 134 cm³/mol. The molecule has 2 aromatic carbocycles. The summed E-state index contributed by atoms with van der Waals surface area (Å²) < 4.78 is 11.4. The molecular weight excluding hydrogens is 442 g/mol. The summed E-state index contributed by atoms with van der Waals surface area (Å²) in [5, 5.41) is 1.07. The maximum Gasteiger partial charge on any atom is 0.254 e. The van der Waals surface area contributed by atoms with E-state index in [1.807, 2.05) is 57.2 Å². The van der Waals surface area contributed by atoms with E-state index in [1.54, 1.807) is 16.9 Å². The number of hydrogen-bond donors (Lipinski definition) is 1. The fourth-order valence-electron chi connectivity index (χ4n) is 5.67. The number of methoxy groups -OCH3 is 1. The van der Waals surface area contributed by atoms with Crippen LogP contribution < -0.4 is 4.74 Å². The SMILES string of the molecule is COc1ccccc1[C@@H]1CN2C(=O)CN(CCCOC(C)C)C(=O)[C@]2(C)c2[nH]c3ccccc3c21. The number of piperazine rings is 1. The van der Waals surface area contributed by atoms with Crippen molar-refractivity contribution in [3.8, 4) is 5.75 Å². The molecule has 0 aliphatic carbocycles. The van der Waals surface area contributed by atoms with Crippen molar-refractivity contribution in [2.45, 2.75) is 44.8 Å². The lowest BCUT2D eigenvalue weighted by Gasteiger charge is -2.51. The average Bonchev–Trinajstić information content (AvgIpc) is 3.25. The molecule has 3 aromatic rings. The summed E-state index contributed by atoms with van der Waals surface area (Å²) in [6.07, 6.45) is 0.831. The van der Waals surface area contributed by atoms with Gasteiger partial charge in [-0.2, -0.15) is 0 Å². The first-order chi connectivity index (χ1) is 16.9. The number of ether oxygens (including phenoxy) is 2. The average molecular weight is 476 g/mol. The molecule has 1 saturated heterocycles. The number of rotatable bonds is 7. The first-order valence-corrected chi connectivity index (χ1v) is 12.3. The van der Waals surface area contributed by atoms with E-state index in [1.165, 1.54) is 0 Å². The molecule has 1 N–H and O–H groups in total. The van der Waals surface area contributed by atoms with Gasteiger partial charge in [0.2, 0.25) is 5.91 Å². The van der Waals surface area contributed by atoms with Crippen molar-refractivity contribution in [3.05, 3.63) is 65.4 Å². The standard InChI is InChI=1S/C28H33N3O4/c1-18(2)35-15-9-14-30-17-24(32)31-16-21(19-10-6-8-13-23(19)34-4)25-20-11-5-7-12-22(20)29-26(25)28(31,3)27(30)33/h5-8,10-13,18,21,29H,9,14-17H2,1-4H3/t21-,28-/m0/s1. The van der Waals surface area contributed by atoms with E-state index >= 15 is 0 Å². The Labute approximate surface area is 206 Å². The van der Waals surface area contributed by atoms with Gasteiger partial charge in [0.25, 0.3) is 5.91 Å². The summed E-state index contributed by atoms with van der Waals surface area (Å²) in [6.45, 7) is 7.43. The highest BCUT2D eigenvalue weighted by Gasteiger charge is 2.56. The number of aromatic amines is 1. The number of amides is 2. The van der Waals surface area contributed by atoms with Crippen LogP contribution in [0.4, 0.5) is 0 Å². The van der Waals surface area contributed by atoms with Crippen LogP contribution in [0.1, 0.15) is 49.9 Å². The molecule has 35 heavy (non-hydrogen) atoms. The highest BCUT2D eigenvalue weighted by molar-refractivity contribution is 6.01. The molecular formula is C28H33N3O4. The molecule has 5 rings (SSSR count). The Morgan fingerprint density at radius 2 is 1.86 bits per heavy atom. The summed E-state index contributed by atoms with van der Waals surface area (Å²) in [4.78, 5) is 34.6. The third-order valence-corrected chi connectivity index (χ3v) is 7.36. The summed E-state index contributed by atoms with van der Waals surface area (Å²) in [7, 11) is 1.67. The molecule has 184 valence electrons. The Balaban J connectivity index is 1.61. The van der Waals surface area contributed by atoms with Gasteiger partial charge in [0, 0.05) is 42.1 Å². The molecule has 0 spiro atoms. The Bertz CT molecular complexity index is 1270. The van der Waals surface area contributed by atoms with Crippen LogP contribution in [-0.4, -0.2) is 66.1 Å². The van der Waals surface area contributed by atoms with Crippen LogP contribution in [0.5, 0.6) is 5.75 Å². The molecule has 7 heteroatoms. The van der Waals surface area contributed by atoms with Gasteiger partial charge in [-0.3, -0.25) is 9.59 Å². The van der Waals surface area contributed by atoms with Gasteiger partial charge in [0.1, 0.15) is 5.75 Å². The second kappa shape index (κ2) is 9.04. The third kappa shape index (κ3) is 3.78. The van der Waals surface area contributed by atoms with Crippen LogP contribution in [0.15, 0.2) is 48.5 Å². The van der Waals surface area contributed by atoms with Gasteiger partial charge in [-0.1, -0.05) is 36.4 Å². The van der Waals surface area contributed by atoms with Gasteiger partial charge >= 0.3 is 0 Å². The van der Waals surface area contributed by atoms with Crippen molar-refractivity contribution in [2.75, 3.05) is 33.4 Å². The van der Waals surface area contributed by atoms with E-state index in [4.69, 9.17) is 9.47 Å². The molecule has 0 saturated carbocycles. The number of H-pyrrole nitrogens is 1. The van der Waals surface area contributed by atoms with E-state index in [2.05, 4.69) is 17.1 Å². The first kappa shape index (κ1) is 23.4. The van der Waals surface area contributed by atoms with Gasteiger partial charge in [0.05, 0.1) is 25.5 Å². The van der Waals surface area contributed by atoms with Crippen LogP contribution in [0, 0.1) is 0 Å². The number of benzene rings is 2. The van der Waals surface area contributed by atoms with E-state index in [0.717, 1.165) is 33.5 Å². The molecule has 1 aromatic heterocycles. The first-order valence-electron chi connectivity index (χ1n) is 12.3. The highest BCUT2D eigenvalue weighted by Crippen LogP contribution is 2.49. The van der Waals surface area contributed by atoms with Crippen LogP contribution in [0.3, 0.4) is 0 Å². The molecule has 0 radical (unpaired) electrons. The zero-order chi connectivity index (χ0) is 24.7. The molecule has 3 heterocycles. The molecule has 2 aliphatic rings. The second-order valence-corrected chi connectivity index (χ2v) is 9.83. The number of aromatic nitrogens is 1. The van der Waals surface area contributed by atoms with E-state index in [9.17, 15) is 9.59 Å². The van der Waals surface area contributed by atoms with Crippen molar-refractivity contribution >= 4 is 22.7 Å². The Hall–Kier alpha value is -3.32. The minimum Gasteiger partial charge on any atom is -0.496 e. The zero-order valence-corrected chi connectivity index (χ0v) is 20.8. The summed E-state index contributed by atoms with van der Waals surface area (Å²) in [5.74, 6) is 0.571. The number of carbonyl (C=O) groups is 2. The normalized spacial score (nSPS) is 22.0. The van der Waals surface area contributed by atoms with Crippen LogP contribution >= 0.6 is 0 Å². The minimum absolute atomic E-state index is 0.0407. The van der Waals surface area contributed by atoms with Crippen LogP contribution in [0.25, 0.3) is 10.9 Å². The van der Waals surface area contributed by atoms with Gasteiger partial charge in [-0.05, 0) is 44.9 Å². The summed E-state index contributed by atoms with van der Waals surface area (Å²) in [6, 6.07) is 16.0. The summed E-state index contributed by atoms with van der Waals surface area (Å²) >= 11 is 0. The molecule has 0 unspecified atom stereocenters. The predicted octanol–water partition coefficient (Wildman–Crippen LogP) is 4.02. The second-order valence-electron chi connectivity index (χ2n) is 9.83. The number of nitrogens with zero attached hydrogens (tertiary/aromatic N) is 2. The molecule has 2 atom stereocenters. The lowest BCUT2D eigenvalue weighted by atomic mass is 9.76. The lowest BCUT2D eigenvalue weighted by Crippen LogP contribution is -2.67. The topological polar surface area (TPSA) is 74.9 Å². The number of nitrogens with one attached hydrogen (secondary N) is 1. The van der Waals surface area contributed by atoms with Crippen molar-refractivity contribution in [1.82, 2.24) is 14.8 Å². The fourth-order valence-corrected chi connectivity index (χ4v) is 5.67. The Morgan fingerprint density at radius 3 is 2.63 bits per heavy atom. The smallest absolute Gasteiger partial charge is 0.254 e. The van der Waals surface area contributed by atoms with Crippen LogP contribution in [-0.2, 0) is 19.9 Å².